The third-order valence-electron chi connectivity index (χ3n) is 13.7. The van der Waals surface area contributed by atoms with Gasteiger partial charge in [-0.25, -0.2) is 0 Å². The molecule has 0 saturated carbocycles. The van der Waals surface area contributed by atoms with E-state index in [1.807, 2.05) is 73.2 Å². The average Bonchev–Trinajstić information content (AvgIpc) is 3.28. The maximum Gasteiger partial charge on any atom is 0.132 e. The highest BCUT2D eigenvalue weighted by molar-refractivity contribution is 5.67. The molecule has 16 N–H and O–H groups in total. The largest absolute Gasteiger partial charge is 0.507 e. The number of hydrogen-bond acceptors (Lipinski definition) is 8. The lowest BCUT2D eigenvalue weighted by Gasteiger charge is -2.30. The van der Waals surface area contributed by atoms with Crippen LogP contribution in [-0.2, 0) is 26.2 Å². The quantitative estimate of drug-likeness (QED) is 0.0492. The molecule has 8 bridgehead atoms. The Labute approximate surface area is 380 Å². The van der Waals surface area contributed by atoms with E-state index < -0.39 is 23.7 Å². The van der Waals surface area contributed by atoms with Crippen molar-refractivity contribution < 1.29 is 62.1 Å². The van der Waals surface area contributed by atoms with Gasteiger partial charge in [-0.05, 0) is 75.6 Å². The van der Waals surface area contributed by atoms with Crippen molar-refractivity contribution in [3.63, 3.8) is 0 Å². The minimum atomic E-state index is -0.604. The molecule has 0 unspecified atom stereocenters. The van der Waals surface area contributed by atoms with Crippen LogP contribution in [0.3, 0.4) is 0 Å². The molecule has 0 atom stereocenters. The lowest BCUT2D eigenvalue weighted by atomic mass is 9.75. The van der Waals surface area contributed by atoms with Gasteiger partial charge in [-0.3, -0.25) is 0 Å². The molecule has 0 fully saturated rings. The predicted molar refractivity (Wildman–Crippen MR) is 251 cm³/mol. The topological polar surface area (TPSA) is 228 Å². The molecule has 12 nitrogen and oxygen atoms in total. The summed E-state index contributed by atoms with van der Waals surface area (Å²) in [5.41, 5.74) is 5.51. The fraction of sp³-hybridized carbons (Fsp3) is 0.538. The van der Waals surface area contributed by atoms with Gasteiger partial charge in [0.1, 0.15) is 72.2 Å². The maximum absolute atomic E-state index is 12.4. The molecule has 64 heavy (non-hydrogen) atoms. The minimum absolute atomic E-state index is 0.0677. The molecule has 0 saturated heterocycles. The third kappa shape index (κ3) is 9.85. The number of nitrogens with two attached hydrogens (primary N) is 4. The molecule has 0 radical (unpaired) electrons. The molecule has 1 aliphatic rings. The van der Waals surface area contributed by atoms with Gasteiger partial charge in [0.25, 0.3) is 0 Å². The van der Waals surface area contributed by atoms with Gasteiger partial charge in [0.15, 0.2) is 0 Å². The van der Waals surface area contributed by atoms with Crippen LogP contribution in [0.15, 0.2) is 24.3 Å². The Bertz CT molecular complexity index is 1800. The normalized spacial score (nSPS) is 17.2. The van der Waals surface area contributed by atoms with Crippen LogP contribution in [0, 0.1) is 0 Å². The minimum Gasteiger partial charge on any atom is -0.507 e. The van der Waals surface area contributed by atoms with E-state index in [4.69, 9.17) is 0 Å². The van der Waals surface area contributed by atoms with E-state index in [1.165, 1.54) is 0 Å². The van der Waals surface area contributed by atoms with Crippen molar-refractivity contribution in [1.82, 2.24) is 0 Å². The molecule has 4 aromatic rings. The van der Waals surface area contributed by atoms with Gasteiger partial charge in [0.05, 0.1) is 48.4 Å². The summed E-state index contributed by atoms with van der Waals surface area (Å²) < 4.78 is 0. The van der Waals surface area contributed by atoms with Crippen molar-refractivity contribution in [3.05, 3.63) is 91.0 Å². The highest BCUT2D eigenvalue weighted by Gasteiger charge is 2.37. The average molecular weight is 889 g/mol. The number of quaternary nitrogens is 4. The summed E-state index contributed by atoms with van der Waals surface area (Å²) in [5.74, 6) is -2.96. The Morgan fingerprint density at radius 1 is 0.297 bits per heavy atom. The first-order chi connectivity index (χ1) is 30.8. The van der Waals surface area contributed by atoms with Crippen LogP contribution in [0.5, 0.6) is 46.0 Å². The maximum atomic E-state index is 12.4. The predicted octanol–water partition coefficient (Wildman–Crippen LogP) is 5.71. The van der Waals surface area contributed by atoms with Crippen molar-refractivity contribution in [2.75, 3.05) is 26.2 Å². The SMILES string of the molecule is CCC[NH2+]Cc1c(O)c2cc(c1O)C(CC)c1cc(c(O)c(C[NH2+]CCC)c1O)C(CC)c1cc(c(O)c(C[NH2+]CCC)c1O)C(CC)c1cc(c(O)c(C[NH2+]CCC)c1O)C2CC. The Morgan fingerprint density at radius 2 is 0.453 bits per heavy atom. The van der Waals surface area contributed by atoms with Gasteiger partial charge >= 0.3 is 0 Å². The zero-order valence-electron chi connectivity index (χ0n) is 39.8. The summed E-state index contributed by atoms with van der Waals surface area (Å²) in [6.45, 7) is 20.4. The second kappa shape index (κ2) is 22.8. The fourth-order valence-corrected chi connectivity index (χ4v) is 10.2. The van der Waals surface area contributed by atoms with Crippen molar-refractivity contribution in [2.24, 2.45) is 0 Å². The molecular weight excluding hydrogens is 809 g/mol. The van der Waals surface area contributed by atoms with Crippen LogP contribution in [0.4, 0.5) is 0 Å². The van der Waals surface area contributed by atoms with E-state index in [0.29, 0.717) is 92.4 Å². The number of phenolic OH excluding ortho intramolecular Hbond substituents is 8. The van der Waals surface area contributed by atoms with E-state index >= 15 is 0 Å². The van der Waals surface area contributed by atoms with Crippen LogP contribution in [0.25, 0.3) is 0 Å². The van der Waals surface area contributed by atoms with Gasteiger partial charge in [-0.1, -0.05) is 55.4 Å². The molecule has 0 spiro atoms. The monoisotopic (exact) mass is 889 g/mol. The second-order valence-corrected chi connectivity index (χ2v) is 17.9. The van der Waals surface area contributed by atoms with E-state index in [1.54, 1.807) is 0 Å². The third-order valence-corrected chi connectivity index (χ3v) is 13.7. The fourth-order valence-electron chi connectivity index (χ4n) is 10.2. The van der Waals surface area contributed by atoms with Gasteiger partial charge in [0.2, 0.25) is 0 Å². The summed E-state index contributed by atoms with van der Waals surface area (Å²) in [4.78, 5) is 0. The molecule has 352 valence electrons. The standard InChI is InChI=1S/C52H76N4O8/c1-9-17-53-25-41-45(57)33-21-34(46(41)58)30(14-6)36-23-38(50(62)43(48(36)60)27-55-19-11-3)32(16-8)40-24-39(51(63)44(52(40)64)28-56-20-12-4)31(15-7)37-22-35(29(33)13-5)47(59)42(49(37)61)26-54-18-10-2/h21-24,29-32,53-64H,9-20,25-28H2,1-8H3/p+4. The Morgan fingerprint density at radius 3 is 0.578 bits per heavy atom. The van der Waals surface area contributed by atoms with E-state index in [0.717, 1.165) is 51.9 Å². The molecule has 12 heteroatoms. The Balaban J connectivity index is 2.05. The number of phenols is 8. The number of benzene rings is 4. The van der Waals surface area contributed by atoms with Gasteiger partial charge < -0.3 is 62.1 Å². The summed E-state index contributed by atoms with van der Waals surface area (Å²) in [6, 6.07) is 7.28. The number of aromatic hydroxyl groups is 8. The van der Waals surface area contributed by atoms with Gasteiger partial charge in [-0.15, -0.1) is 0 Å². The molecule has 4 aromatic carbocycles. The summed E-state index contributed by atoms with van der Waals surface area (Å²) in [7, 11) is 0. The molecular formula is C52H80N4O8+4. The van der Waals surface area contributed by atoms with Crippen LogP contribution >= 0.6 is 0 Å². The molecule has 0 aromatic heterocycles. The first-order valence-electron chi connectivity index (χ1n) is 24.4. The van der Waals surface area contributed by atoms with Gasteiger partial charge in [0, 0.05) is 68.2 Å². The zero-order chi connectivity index (χ0) is 46.8. The second-order valence-electron chi connectivity index (χ2n) is 17.9. The van der Waals surface area contributed by atoms with E-state index in [9.17, 15) is 40.9 Å². The zero-order valence-corrected chi connectivity index (χ0v) is 39.8. The lowest BCUT2D eigenvalue weighted by molar-refractivity contribution is -0.670. The molecule has 0 heterocycles. The summed E-state index contributed by atoms with van der Waals surface area (Å²) in [6.07, 6.45) is 5.30. The molecule has 5 rings (SSSR count). The molecule has 0 aliphatic heterocycles. The summed E-state index contributed by atoms with van der Waals surface area (Å²) in [5, 5.41) is 107. The van der Waals surface area contributed by atoms with E-state index in [2.05, 4.69) is 27.7 Å². The number of hydrogen-bond donors (Lipinski definition) is 12. The smallest absolute Gasteiger partial charge is 0.132 e. The van der Waals surface area contributed by atoms with E-state index in [-0.39, 0.29) is 72.2 Å². The molecule has 1 aliphatic carbocycles. The first kappa shape index (κ1) is 50.1. The molecule has 0 amide bonds. The Hall–Kier alpha value is -4.88. The van der Waals surface area contributed by atoms with Crippen LogP contribution in [0.1, 0.15) is 197 Å². The highest BCUT2D eigenvalue weighted by Crippen LogP contribution is 2.54. The summed E-state index contributed by atoms with van der Waals surface area (Å²) >= 11 is 0. The van der Waals surface area contributed by atoms with Crippen molar-refractivity contribution in [2.45, 2.75) is 157 Å². The highest BCUT2D eigenvalue weighted by atomic mass is 16.3. The first-order valence-corrected chi connectivity index (χ1v) is 24.4. The van der Waals surface area contributed by atoms with Crippen molar-refractivity contribution in [1.29, 1.82) is 0 Å². The number of rotatable bonds is 20. The number of fused-ring (bicyclic) bond motifs is 8. The van der Waals surface area contributed by atoms with Crippen LogP contribution in [-0.4, -0.2) is 67.0 Å². The van der Waals surface area contributed by atoms with Crippen LogP contribution < -0.4 is 21.3 Å². The van der Waals surface area contributed by atoms with Crippen LogP contribution in [0.2, 0.25) is 0 Å². The Kier molecular flexibility index (Phi) is 17.9. The lowest BCUT2D eigenvalue weighted by Crippen LogP contribution is -2.82. The van der Waals surface area contributed by atoms with Crippen molar-refractivity contribution in [3.8, 4) is 46.0 Å². The van der Waals surface area contributed by atoms with Crippen molar-refractivity contribution >= 4 is 0 Å². The van der Waals surface area contributed by atoms with Gasteiger partial charge in [-0.2, -0.15) is 0 Å².